The van der Waals surface area contributed by atoms with Crippen molar-refractivity contribution >= 4 is 39.5 Å². The van der Waals surface area contributed by atoms with E-state index in [4.69, 9.17) is 37.0 Å². The van der Waals surface area contributed by atoms with Crippen LogP contribution in [0.25, 0.3) is 0 Å². The number of rotatable bonds is 81. The van der Waals surface area contributed by atoms with Crippen LogP contribution < -0.4 is 0 Å². The molecule has 17 nitrogen and oxygen atoms in total. The maximum Gasteiger partial charge on any atom is 0.472 e. The first-order valence-corrected chi connectivity index (χ1v) is 45.1. The average molecular weight is 1470 g/mol. The van der Waals surface area contributed by atoms with Crippen molar-refractivity contribution in [2.24, 2.45) is 5.92 Å². The molecular formula is C81H158O17P2. The molecule has 0 aliphatic heterocycles. The monoisotopic (exact) mass is 1470 g/mol. The first kappa shape index (κ1) is 98.1. The lowest BCUT2D eigenvalue weighted by molar-refractivity contribution is -0.161. The van der Waals surface area contributed by atoms with Gasteiger partial charge in [0, 0.05) is 25.7 Å². The molecule has 0 spiro atoms. The van der Waals surface area contributed by atoms with Crippen molar-refractivity contribution in [2.45, 2.75) is 451 Å². The van der Waals surface area contributed by atoms with Crippen LogP contribution in [-0.4, -0.2) is 96.7 Å². The molecule has 0 aromatic rings. The van der Waals surface area contributed by atoms with Gasteiger partial charge in [0.1, 0.15) is 19.3 Å². The zero-order chi connectivity index (χ0) is 73.4. The third-order valence-electron chi connectivity index (χ3n) is 19.0. The Morgan fingerprint density at radius 2 is 0.460 bits per heavy atom. The Hall–Kier alpha value is -1.94. The molecule has 0 aromatic heterocycles. The molecule has 0 rings (SSSR count). The molecule has 0 heterocycles. The van der Waals surface area contributed by atoms with Gasteiger partial charge in [-0.25, -0.2) is 9.13 Å². The highest BCUT2D eigenvalue weighted by Crippen LogP contribution is 2.45. The minimum absolute atomic E-state index is 0.109. The topological polar surface area (TPSA) is 237 Å². The van der Waals surface area contributed by atoms with Crippen LogP contribution in [0.1, 0.15) is 433 Å². The number of esters is 4. The van der Waals surface area contributed by atoms with E-state index >= 15 is 0 Å². The Balaban J connectivity index is 5.20. The number of aliphatic hydroxyl groups excluding tert-OH is 1. The van der Waals surface area contributed by atoms with Crippen LogP contribution in [0.3, 0.4) is 0 Å². The highest BCUT2D eigenvalue weighted by Gasteiger charge is 2.30. The van der Waals surface area contributed by atoms with Gasteiger partial charge < -0.3 is 33.8 Å². The summed E-state index contributed by atoms with van der Waals surface area (Å²) in [5.74, 6) is -1.31. The second kappa shape index (κ2) is 73.9. The normalized spacial score (nSPS) is 13.8. The molecule has 100 heavy (non-hydrogen) atoms. The second-order valence-corrected chi connectivity index (χ2v) is 32.5. The van der Waals surface area contributed by atoms with Crippen LogP contribution >= 0.6 is 15.6 Å². The number of hydrogen-bond acceptors (Lipinski definition) is 15. The molecule has 19 heteroatoms. The molecule has 0 aliphatic carbocycles. The number of phosphoric ester groups is 2. The second-order valence-electron chi connectivity index (χ2n) is 29.6. The Labute approximate surface area is 613 Å². The quantitative estimate of drug-likeness (QED) is 0.0222. The van der Waals surface area contributed by atoms with Crippen molar-refractivity contribution in [1.82, 2.24) is 0 Å². The smallest absolute Gasteiger partial charge is 0.462 e. The van der Waals surface area contributed by atoms with E-state index < -0.39 is 97.5 Å². The number of unbranched alkanes of at least 4 members (excludes halogenated alkanes) is 53. The summed E-state index contributed by atoms with van der Waals surface area (Å²) < 4.78 is 68.7. The molecule has 594 valence electrons. The Morgan fingerprint density at radius 3 is 0.680 bits per heavy atom. The van der Waals surface area contributed by atoms with E-state index in [2.05, 4.69) is 34.6 Å². The van der Waals surface area contributed by atoms with Crippen molar-refractivity contribution in [3.05, 3.63) is 0 Å². The van der Waals surface area contributed by atoms with E-state index in [1.54, 1.807) is 0 Å². The fourth-order valence-electron chi connectivity index (χ4n) is 12.6. The molecule has 0 bridgehead atoms. The predicted octanol–water partition coefficient (Wildman–Crippen LogP) is 24.4. The molecule has 2 unspecified atom stereocenters. The zero-order valence-corrected chi connectivity index (χ0v) is 67.1. The van der Waals surface area contributed by atoms with Gasteiger partial charge in [-0.1, -0.05) is 381 Å². The lowest BCUT2D eigenvalue weighted by Gasteiger charge is -2.21. The molecule has 0 aliphatic rings. The van der Waals surface area contributed by atoms with Crippen LogP contribution in [0.4, 0.5) is 0 Å². The average Bonchev–Trinajstić information content (AvgIpc) is 0.985. The maximum absolute atomic E-state index is 13.1. The van der Waals surface area contributed by atoms with Crippen molar-refractivity contribution in [2.75, 3.05) is 39.6 Å². The fourth-order valence-corrected chi connectivity index (χ4v) is 14.2. The summed E-state index contributed by atoms with van der Waals surface area (Å²) in [6.45, 7) is 7.34. The van der Waals surface area contributed by atoms with Gasteiger partial charge in [-0.2, -0.15) is 0 Å². The van der Waals surface area contributed by atoms with Gasteiger partial charge in [0.05, 0.1) is 26.4 Å². The van der Waals surface area contributed by atoms with E-state index in [1.807, 2.05) is 0 Å². The summed E-state index contributed by atoms with van der Waals surface area (Å²) >= 11 is 0. The number of hydrogen-bond donors (Lipinski definition) is 3. The SMILES string of the molecule is CCCCCCCCCCCCCCCCCCCCC(=O)OC[C@H](COP(=O)(O)OC[C@@H](O)COP(=O)(O)OC[C@@H](COC(=O)CCCCCCCCCC)OC(=O)CCCCCCCCCCCCCCCCCC)OC(=O)CCCCCCCCCCCCCCCCCC(C)C. The van der Waals surface area contributed by atoms with Gasteiger partial charge in [-0.05, 0) is 31.6 Å². The standard InChI is InChI=1S/C81H158O17P2/c1-6-9-12-15-18-21-23-25-27-29-30-34-37-41-45-50-55-60-65-79(84)92-71-77(98-81(86)67-62-57-52-47-43-39-35-31-32-36-40-44-48-53-58-63-74(4)5)73-96-100(89,90)94-69-75(82)68-93-99(87,88)95-72-76(70-91-78(83)64-59-54-49-20-17-14-11-8-3)97-80(85)66-61-56-51-46-42-38-33-28-26-24-22-19-16-13-10-7-2/h74-77,82H,6-73H2,1-5H3,(H,87,88)(H,89,90)/t75-,76+,77+/m0/s1. The third-order valence-corrected chi connectivity index (χ3v) is 20.9. The molecular weight excluding hydrogens is 1310 g/mol. The minimum Gasteiger partial charge on any atom is -0.462 e. The highest BCUT2D eigenvalue weighted by molar-refractivity contribution is 7.47. The molecule has 0 fully saturated rings. The minimum atomic E-state index is -4.96. The summed E-state index contributed by atoms with van der Waals surface area (Å²) in [4.78, 5) is 72.9. The summed E-state index contributed by atoms with van der Waals surface area (Å²) in [5, 5.41) is 10.6. The zero-order valence-electron chi connectivity index (χ0n) is 65.3. The molecule has 0 saturated heterocycles. The summed E-state index contributed by atoms with van der Waals surface area (Å²) in [6, 6.07) is 0. The summed E-state index contributed by atoms with van der Waals surface area (Å²) in [7, 11) is -9.91. The molecule has 0 radical (unpaired) electrons. The Bertz CT molecular complexity index is 1910. The van der Waals surface area contributed by atoms with E-state index in [1.165, 1.54) is 257 Å². The van der Waals surface area contributed by atoms with Crippen molar-refractivity contribution < 1.29 is 80.2 Å². The van der Waals surface area contributed by atoms with Crippen LogP contribution in [0, 0.1) is 5.92 Å². The first-order chi connectivity index (χ1) is 48.5. The van der Waals surface area contributed by atoms with Gasteiger partial charge in [0.2, 0.25) is 0 Å². The Morgan fingerprint density at radius 1 is 0.270 bits per heavy atom. The molecule has 0 saturated carbocycles. The Kier molecular flexibility index (Phi) is 72.5. The third kappa shape index (κ3) is 74.3. The molecule has 3 N–H and O–H groups in total. The van der Waals surface area contributed by atoms with Crippen molar-refractivity contribution in [3.63, 3.8) is 0 Å². The lowest BCUT2D eigenvalue weighted by atomic mass is 10.0. The van der Waals surface area contributed by atoms with Crippen molar-refractivity contribution in [1.29, 1.82) is 0 Å². The predicted molar refractivity (Wildman–Crippen MR) is 409 cm³/mol. The van der Waals surface area contributed by atoms with Crippen LogP contribution in [0.5, 0.6) is 0 Å². The molecule has 0 amide bonds. The first-order valence-electron chi connectivity index (χ1n) is 42.1. The van der Waals surface area contributed by atoms with E-state index in [-0.39, 0.29) is 25.7 Å². The highest BCUT2D eigenvalue weighted by atomic mass is 31.2. The van der Waals surface area contributed by atoms with Gasteiger partial charge in [-0.15, -0.1) is 0 Å². The van der Waals surface area contributed by atoms with E-state index in [9.17, 15) is 43.2 Å². The molecule has 0 aromatic carbocycles. The van der Waals surface area contributed by atoms with Crippen molar-refractivity contribution in [3.8, 4) is 0 Å². The van der Waals surface area contributed by atoms with Gasteiger partial charge in [0.15, 0.2) is 12.2 Å². The molecule has 5 atom stereocenters. The fraction of sp³-hybridized carbons (Fsp3) is 0.951. The number of phosphoric acid groups is 2. The lowest BCUT2D eigenvalue weighted by Crippen LogP contribution is -2.30. The maximum atomic E-state index is 13.1. The van der Waals surface area contributed by atoms with Gasteiger partial charge >= 0.3 is 39.5 Å². The van der Waals surface area contributed by atoms with Crippen LogP contribution in [0.2, 0.25) is 0 Å². The van der Waals surface area contributed by atoms with Crippen LogP contribution in [-0.2, 0) is 65.4 Å². The van der Waals surface area contributed by atoms with Gasteiger partial charge in [-0.3, -0.25) is 37.3 Å². The van der Waals surface area contributed by atoms with Gasteiger partial charge in [0.25, 0.3) is 0 Å². The summed E-state index contributed by atoms with van der Waals surface area (Å²) in [6.07, 6.45) is 65.2. The van der Waals surface area contributed by atoms with Crippen LogP contribution in [0.15, 0.2) is 0 Å². The number of ether oxygens (including phenoxy) is 4. The number of carbonyl (C=O) groups excluding carboxylic acids is 4. The van der Waals surface area contributed by atoms with E-state index in [0.717, 1.165) is 95.8 Å². The van der Waals surface area contributed by atoms with E-state index in [0.29, 0.717) is 25.7 Å². The number of carbonyl (C=O) groups is 4. The number of aliphatic hydroxyl groups is 1. The largest absolute Gasteiger partial charge is 0.472 e. The summed E-state index contributed by atoms with van der Waals surface area (Å²) in [5.41, 5.74) is 0.